The van der Waals surface area contributed by atoms with Gasteiger partial charge in [0.25, 0.3) is 0 Å². The van der Waals surface area contributed by atoms with Gasteiger partial charge in [-0.05, 0) is 14.0 Å². The Morgan fingerprint density at radius 1 is 1.20 bits per heavy atom. The van der Waals surface area contributed by atoms with Gasteiger partial charge in [0.1, 0.15) is 5.82 Å². The first-order valence-electron chi connectivity index (χ1n) is 7.29. The molecule has 6 heteroatoms. The number of rotatable bonds is 6. The predicted octanol–water partition coefficient (Wildman–Crippen LogP) is 0.216. The number of anilines is 1. The third-order valence-corrected chi connectivity index (χ3v) is 3.90. The van der Waals surface area contributed by atoms with Crippen LogP contribution in [0.4, 0.5) is 5.82 Å². The second-order valence-electron chi connectivity index (χ2n) is 5.47. The number of nitrogens with zero attached hydrogens (tertiary/aromatic N) is 4. The molecule has 1 aromatic heterocycles. The summed E-state index contributed by atoms with van der Waals surface area (Å²) in [4.78, 5) is 4.82. The molecule has 6 nitrogen and oxygen atoms in total. The predicted molar refractivity (Wildman–Crippen MR) is 81.2 cm³/mol. The summed E-state index contributed by atoms with van der Waals surface area (Å²) in [7, 11) is 5.95. The molecule has 1 aliphatic heterocycles. The molecule has 2 rings (SSSR count). The van der Waals surface area contributed by atoms with E-state index in [0.29, 0.717) is 0 Å². The van der Waals surface area contributed by atoms with Crippen LogP contribution in [0.15, 0.2) is 0 Å². The fourth-order valence-electron chi connectivity index (χ4n) is 2.70. The zero-order valence-electron chi connectivity index (χ0n) is 13.1. The maximum atomic E-state index is 5.07. The molecular formula is C14H27N5O. The highest BCUT2D eigenvalue weighted by Gasteiger charge is 2.22. The van der Waals surface area contributed by atoms with E-state index in [1.165, 1.54) is 11.4 Å². The molecule has 0 aromatic carbocycles. The third-order valence-electron chi connectivity index (χ3n) is 3.90. The molecule has 0 unspecified atom stereocenters. The van der Waals surface area contributed by atoms with E-state index < -0.39 is 0 Å². The summed E-state index contributed by atoms with van der Waals surface area (Å²) in [6, 6.07) is 0. The highest BCUT2D eigenvalue weighted by atomic mass is 16.5. The lowest BCUT2D eigenvalue weighted by Crippen LogP contribution is -2.45. The monoisotopic (exact) mass is 281 g/mol. The first-order chi connectivity index (χ1) is 9.63. The number of piperazine rings is 1. The van der Waals surface area contributed by atoms with E-state index in [9.17, 15) is 0 Å². The zero-order chi connectivity index (χ0) is 14.5. The van der Waals surface area contributed by atoms with Crippen LogP contribution in [-0.4, -0.2) is 68.2 Å². The Morgan fingerprint density at radius 3 is 2.55 bits per heavy atom. The number of hydrogen-bond donors (Lipinski definition) is 1. The molecule has 1 aliphatic rings. The van der Waals surface area contributed by atoms with Crippen molar-refractivity contribution >= 4 is 5.82 Å². The van der Waals surface area contributed by atoms with Gasteiger partial charge in [0, 0.05) is 59.0 Å². The average molecular weight is 281 g/mol. The highest BCUT2D eigenvalue weighted by molar-refractivity contribution is 5.50. The molecule has 1 N–H and O–H groups in total. The number of likely N-dealkylation sites (N-methyl/N-ethyl adjacent to an activating group) is 1. The van der Waals surface area contributed by atoms with Gasteiger partial charge in [0.2, 0.25) is 0 Å². The standard InChI is InChI=1S/C14H27N5O/c1-12-13(11-15-5-10-20-4)14(18(3)16-12)19-8-6-17(2)7-9-19/h15H,5-11H2,1-4H3. The normalized spacial score (nSPS) is 16.9. The van der Waals surface area contributed by atoms with Crippen LogP contribution in [0.1, 0.15) is 11.3 Å². The van der Waals surface area contributed by atoms with Gasteiger partial charge in [-0.2, -0.15) is 5.10 Å². The van der Waals surface area contributed by atoms with Gasteiger partial charge in [0.05, 0.1) is 12.3 Å². The Morgan fingerprint density at radius 2 is 1.90 bits per heavy atom. The molecule has 0 bridgehead atoms. The number of aryl methyl sites for hydroxylation is 2. The lowest BCUT2D eigenvalue weighted by molar-refractivity contribution is 0.199. The molecule has 1 fully saturated rings. The molecule has 2 heterocycles. The van der Waals surface area contributed by atoms with Gasteiger partial charge in [-0.3, -0.25) is 4.68 Å². The van der Waals surface area contributed by atoms with Crippen molar-refractivity contribution in [2.24, 2.45) is 7.05 Å². The van der Waals surface area contributed by atoms with E-state index in [4.69, 9.17) is 4.74 Å². The van der Waals surface area contributed by atoms with Gasteiger partial charge in [-0.25, -0.2) is 0 Å². The average Bonchev–Trinajstić information content (AvgIpc) is 2.70. The summed E-state index contributed by atoms with van der Waals surface area (Å²) in [5.41, 5.74) is 2.43. The molecule has 1 saturated heterocycles. The molecule has 1 aromatic rings. The summed E-state index contributed by atoms with van der Waals surface area (Å²) in [6.07, 6.45) is 0. The Kier molecular flexibility index (Phi) is 5.39. The first kappa shape index (κ1) is 15.3. The summed E-state index contributed by atoms with van der Waals surface area (Å²) < 4.78 is 7.10. The van der Waals surface area contributed by atoms with Crippen molar-refractivity contribution in [3.63, 3.8) is 0 Å². The lowest BCUT2D eigenvalue weighted by Gasteiger charge is -2.34. The Bertz CT molecular complexity index is 423. The lowest BCUT2D eigenvalue weighted by atomic mass is 10.2. The fraction of sp³-hybridized carbons (Fsp3) is 0.786. The summed E-state index contributed by atoms with van der Waals surface area (Å²) in [5, 5.41) is 8.02. The van der Waals surface area contributed by atoms with Crippen molar-refractivity contribution < 1.29 is 4.74 Å². The van der Waals surface area contributed by atoms with Gasteiger partial charge >= 0.3 is 0 Å². The molecule has 0 aliphatic carbocycles. The minimum Gasteiger partial charge on any atom is -0.383 e. The molecule has 0 radical (unpaired) electrons. The molecule has 0 amide bonds. The zero-order valence-corrected chi connectivity index (χ0v) is 13.1. The van der Waals surface area contributed by atoms with Crippen LogP contribution in [0.5, 0.6) is 0 Å². The number of methoxy groups -OCH3 is 1. The number of aromatic nitrogens is 2. The minimum absolute atomic E-state index is 0.739. The van der Waals surface area contributed by atoms with Crippen LogP contribution >= 0.6 is 0 Å². The summed E-state index contributed by atoms with van der Waals surface area (Å²) >= 11 is 0. The van der Waals surface area contributed by atoms with E-state index in [1.54, 1.807) is 7.11 Å². The van der Waals surface area contributed by atoms with Crippen LogP contribution in [0.25, 0.3) is 0 Å². The number of hydrogen-bond acceptors (Lipinski definition) is 5. The van der Waals surface area contributed by atoms with E-state index in [1.807, 2.05) is 11.7 Å². The van der Waals surface area contributed by atoms with Crippen molar-refractivity contribution in [2.45, 2.75) is 13.5 Å². The fourth-order valence-corrected chi connectivity index (χ4v) is 2.70. The van der Waals surface area contributed by atoms with Crippen molar-refractivity contribution in [3.8, 4) is 0 Å². The van der Waals surface area contributed by atoms with Crippen LogP contribution in [-0.2, 0) is 18.3 Å². The quantitative estimate of drug-likeness (QED) is 0.756. The summed E-state index contributed by atoms with van der Waals surface area (Å²) in [6.45, 7) is 8.91. The molecular weight excluding hydrogens is 254 g/mol. The molecule has 0 atom stereocenters. The molecule has 20 heavy (non-hydrogen) atoms. The largest absolute Gasteiger partial charge is 0.383 e. The van der Waals surface area contributed by atoms with Crippen LogP contribution < -0.4 is 10.2 Å². The highest BCUT2D eigenvalue weighted by Crippen LogP contribution is 2.24. The van der Waals surface area contributed by atoms with E-state index in [-0.39, 0.29) is 0 Å². The molecule has 114 valence electrons. The van der Waals surface area contributed by atoms with Crippen LogP contribution in [0, 0.1) is 6.92 Å². The van der Waals surface area contributed by atoms with Crippen molar-refractivity contribution in [1.82, 2.24) is 20.0 Å². The number of nitrogens with one attached hydrogen (secondary N) is 1. The Hall–Kier alpha value is -1.11. The summed E-state index contributed by atoms with van der Waals surface area (Å²) in [5.74, 6) is 1.26. The maximum Gasteiger partial charge on any atom is 0.131 e. The maximum absolute atomic E-state index is 5.07. The van der Waals surface area contributed by atoms with Crippen LogP contribution in [0.2, 0.25) is 0 Å². The van der Waals surface area contributed by atoms with E-state index in [2.05, 4.69) is 34.2 Å². The van der Waals surface area contributed by atoms with Gasteiger partial charge in [0.15, 0.2) is 0 Å². The topological polar surface area (TPSA) is 45.6 Å². The molecule has 0 saturated carbocycles. The van der Waals surface area contributed by atoms with Crippen molar-refractivity contribution in [1.29, 1.82) is 0 Å². The molecule has 0 spiro atoms. The number of ether oxygens (including phenoxy) is 1. The van der Waals surface area contributed by atoms with E-state index >= 15 is 0 Å². The van der Waals surface area contributed by atoms with Gasteiger partial charge in [-0.1, -0.05) is 0 Å². The van der Waals surface area contributed by atoms with Gasteiger partial charge < -0.3 is 19.9 Å². The third kappa shape index (κ3) is 3.50. The second-order valence-corrected chi connectivity index (χ2v) is 5.47. The second kappa shape index (κ2) is 7.06. The SMILES string of the molecule is COCCNCc1c(C)nn(C)c1N1CCN(C)CC1. The van der Waals surface area contributed by atoms with E-state index in [0.717, 1.165) is 51.6 Å². The first-order valence-corrected chi connectivity index (χ1v) is 7.29. The Labute approximate surface area is 121 Å². The van der Waals surface area contributed by atoms with Gasteiger partial charge in [-0.15, -0.1) is 0 Å². The smallest absolute Gasteiger partial charge is 0.131 e. The van der Waals surface area contributed by atoms with Crippen molar-refractivity contribution in [2.75, 3.05) is 58.4 Å². The minimum atomic E-state index is 0.739. The Balaban J connectivity index is 2.06. The van der Waals surface area contributed by atoms with Crippen molar-refractivity contribution in [3.05, 3.63) is 11.3 Å². The van der Waals surface area contributed by atoms with Crippen LogP contribution in [0.3, 0.4) is 0 Å².